The second-order valence-corrected chi connectivity index (χ2v) is 11.5. The summed E-state index contributed by atoms with van der Waals surface area (Å²) in [6, 6.07) is 15.7. The minimum Gasteiger partial charge on any atom is -0.371 e. The Labute approximate surface area is 228 Å². The molecule has 7 heteroatoms. The number of aromatic nitrogens is 3. The first-order valence-corrected chi connectivity index (χ1v) is 14.1. The number of nitrogens with zero attached hydrogens (tertiary/aromatic N) is 5. The highest BCUT2D eigenvalue weighted by Gasteiger charge is 2.29. The zero-order valence-corrected chi connectivity index (χ0v) is 22.4. The smallest absolute Gasteiger partial charge is 0.161 e. The number of likely N-dealkylation sites (tertiary alicyclic amines) is 1. The minimum absolute atomic E-state index is 0.224. The van der Waals surface area contributed by atoms with Crippen LogP contribution in [0.5, 0.6) is 0 Å². The van der Waals surface area contributed by atoms with Gasteiger partial charge in [0.05, 0.1) is 11.4 Å². The van der Waals surface area contributed by atoms with Crippen LogP contribution in [0.15, 0.2) is 67.1 Å². The van der Waals surface area contributed by atoms with E-state index < -0.39 is 0 Å². The number of benzene rings is 2. The number of piperidine rings is 1. The summed E-state index contributed by atoms with van der Waals surface area (Å²) in [5.74, 6) is 1.98. The van der Waals surface area contributed by atoms with Crippen molar-refractivity contribution in [1.29, 1.82) is 0 Å². The van der Waals surface area contributed by atoms with E-state index in [0.717, 1.165) is 74.8 Å². The molecule has 7 rings (SSSR count). The lowest BCUT2D eigenvalue weighted by molar-refractivity contribution is -0.122. The Morgan fingerprint density at radius 1 is 1.00 bits per heavy atom. The monoisotopic (exact) mass is 523 g/mol. The normalized spacial score (nSPS) is 19.4. The van der Waals surface area contributed by atoms with Crippen molar-refractivity contribution in [2.45, 2.75) is 32.7 Å². The first-order chi connectivity index (χ1) is 19.0. The van der Waals surface area contributed by atoms with Gasteiger partial charge in [-0.3, -0.25) is 9.36 Å². The van der Waals surface area contributed by atoms with Crippen molar-refractivity contribution >= 4 is 11.5 Å². The van der Waals surface area contributed by atoms with Crippen molar-refractivity contribution in [2.75, 3.05) is 37.6 Å². The van der Waals surface area contributed by atoms with Crippen LogP contribution in [-0.4, -0.2) is 57.5 Å². The van der Waals surface area contributed by atoms with Gasteiger partial charge in [0.2, 0.25) is 0 Å². The van der Waals surface area contributed by atoms with Crippen LogP contribution < -0.4 is 4.90 Å². The van der Waals surface area contributed by atoms with Crippen molar-refractivity contribution in [3.8, 4) is 28.3 Å². The standard InChI is InChI=1S/C32H34FN5O/c1-22(39)24-9-12-35(13-10-24)18-23-8-14-36(19-23)29-6-7-30-27(16-29)21-37-20-26(25-2-4-28(33)5-3-25)17-31(37)32-34-11-15-38(30)32/h2-7,11,15-17,20,23-24H,8-10,12-14,18-19,21H2,1H3. The van der Waals surface area contributed by atoms with E-state index in [4.69, 9.17) is 4.98 Å². The summed E-state index contributed by atoms with van der Waals surface area (Å²) in [6.45, 7) is 7.87. The molecule has 200 valence electrons. The molecule has 39 heavy (non-hydrogen) atoms. The van der Waals surface area contributed by atoms with Crippen molar-refractivity contribution < 1.29 is 9.18 Å². The number of imidazole rings is 1. The summed E-state index contributed by atoms with van der Waals surface area (Å²) in [7, 11) is 0. The number of ketones is 1. The lowest BCUT2D eigenvalue weighted by Gasteiger charge is -2.32. The van der Waals surface area contributed by atoms with E-state index >= 15 is 0 Å². The van der Waals surface area contributed by atoms with E-state index in [2.05, 4.69) is 49.4 Å². The molecule has 3 aliphatic rings. The predicted molar refractivity (Wildman–Crippen MR) is 152 cm³/mol. The molecule has 0 saturated carbocycles. The molecule has 0 aliphatic carbocycles. The van der Waals surface area contributed by atoms with Gasteiger partial charge in [-0.2, -0.15) is 0 Å². The Morgan fingerprint density at radius 2 is 1.82 bits per heavy atom. The van der Waals surface area contributed by atoms with Gasteiger partial charge in [-0.15, -0.1) is 0 Å². The second-order valence-electron chi connectivity index (χ2n) is 11.5. The van der Waals surface area contributed by atoms with Crippen LogP contribution in [0.3, 0.4) is 0 Å². The fraction of sp³-hybridized carbons (Fsp3) is 0.375. The first kappa shape index (κ1) is 24.3. The molecule has 0 N–H and O–H groups in total. The van der Waals surface area contributed by atoms with E-state index in [1.807, 2.05) is 24.5 Å². The van der Waals surface area contributed by atoms with Gasteiger partial charge in [0.1, 0.15) is 11.6 Å². The van der Waals surface area contributed by atoms with Crippen LogP contribution in [0.25, 0.3) is 28.3 Å². The van der Waals surface area contributed by atoms with Gasteiger partial charge in [0.15, 0.2) is 5.82 Å². The molecule has 2 aromatic carbocycles. The van der Waals surface area contributed by atoms with Gasteiger partial charge in [0.25, 0.3) is 0 Å². The highest BCUT2D eigenvalue weighted by Crippen LogP contribution is 2.36. The second kappa shape index (κ2) is 9.79. The van der Waals surface area contributed by atoms with E-state index in [0.29, 0.717) is 11.7 Å². The van der Waals surface area contributed by atoms with Crippen LogP contribution in [0.2, 0.25) is 0 Å². The Morgan fingerprint density at radius 3 is 2.62 bits per heavy atom. The predicted octanol–water partition coefficient (Wildman–Crippen LogP) is 5.64. The molecule has 0 bridgehead atoms. The molecule has 5 heterocycles. The van der Waals surface area contributed by atoms with Gasteiger partial charge in [0, 0.05) is 61.9 Å². The third-order valence-corrected chi connectivity index (χ3v) is 8.94. The maximum absolute atomic E-state index is 13.5. The maximum Gasteiger partial charge on any atom is 0.161 e. The summed E-state index contributed by atoms with van der Waals surface area (Å²) in [5, 5.41) is 0. The lowest BCUT2D eigenvalue weighted by atomic mass is 9.93. The third kappa shape index (κ3) is 4.59. The Hall–Kier alpha value is -3.71. The lowest BCUT2D eigenvalue weighted by Crippen LogP contribution is -2.39. The van der Waals surface area contributed by atoms with Gasteiger partial charge in [-0.25, -0.2) is 9.37 Å². The highest BCUT2D eigenvalue weighted by molar-refractivity contribution is 5.78. The van der Waals surface area contributed by atoms with Crippen molar-refractivity contribution in [3.63, 3.8) is 0 Å². The first-order valence-electron chi connectivity index (χ1n) is 14.1. The summed E-state index contributed by atoms with van der Waals surface area (Å²) >= 11 is 0. The Kier molecular flexibility index (Phi) is 6.11. The number of rotatable bonds is 5. The van der Waals surface area contributed by atoms with Gasteiger partial charge in [-0.1, -0.05) is 12.1 Å². The zero-order valence-electron chi connectivity index (χ0n) is 22.4. The topological polar surface area (TPSA) is 46.3 Å². The maximum atomic E-state index is 13.5. The number of Topliss-reactive ketones (excluding diaryl/α,β-unsaturated/α-hetero) is 1. The average molecular weight is 524 g/mol. The SMILES string of the molecule is CC(=O)C1CCN(CC2CCN(c3ccc4c(c3)Cn3cc(-c5ccc(F)cc5)cc3-c3nccn3-4)C2)CC1. The quantitative estimate of drug-likeness (QED) is 0.299. The van der Waals surface area contributed by atoms with Crippen molar-refractivity contribution in [3.05, 3.63) is 78.5 Å². The molecule has 4 aromatic rings. The number of fused-ring (bicyclic) bond motifs is 5. The van der Waals surface area contributed by atoms with Gasteiger partial charge < -0.3 is 14.4 Å². The summed E-state index contributed by atoms with van der Waals surface area (Å²) in [4.78, 5) is 21.5. The number of halogens is 1. The van der Waals surface area contributed by atoms with Gasteiger partial charge >= 0.3 is 0 Å². The van der Waals surface area contributed by atoms with E-state index in [1.54, 1.807) is 6.92 Å². The summed E-state index contributed by atoms with van der Waals surface area (Å²) in [5.41, 5.74) is 6.84. The molecule has 0 spiro atoms. The van der Waals surface area contributed by atoms with Crippen LogP contribution in [-0.2, 0) is 11.3 Å². The molecule has 1 unspecified atom stereocenters. The highest BCUT2D eigenvalue weighted by atomic mass is 19.1. The number of hydrogen-bond donors (Lipinski definition) is 0. The Balaban J connectivity index is 1.11. The molecule has 6 nitrogen and oxygen atoms in total. The zero-order chi connectivity index (χ0) is 26.5. The van der Waals surface area contributed by atoms with Crippen molar-refractivity contribution in [1.82, 2.24) is 19.0 Å². The largest absolute Gasteiger partial charge is 0.371 e. The van der Waals surface area contributed by atoms with E-state index in [9.17, 15) is 9.18 Å². The summed E-state index contributed by atoms with van der Waals surface area (Å²) < 4.78 is 18.0. The van der Waals surface area contributed by atoms with Crippen molar-refractivity contribution in [2.24, 2.45) is 11.8 Å². The van der Waals surface area contributed by atoms with Gasteiger partial charge in [-0.05, 0) is 92.7 Å². The average Bonchev–Trinajstić information content (AvgIpc) is 3.68. The number of hydrogen-bond acceptors (Lipinski definition) is 4. The fourth-order valence-corrected chi connectivity index (χ4v) is 6.73. The molecule has 3 aliphatic heterocycles. The molecular formula is C32H34FN5O. The molecule has 2 aromatic heterocycles. The molecule has 0 amide bonds. The number of anilines is 1. The van der Waals surface area contributed by atoms with Crippen LogP contribution >= 0.6 is 0 Å². The number of carbonyl (C=O) groups excluding carboxylic acids is 1. The van der Waals surface area contributed by atoms with E-state index in [1.165, 1.54) is 35.5 Å². The van der Waals surface area contributed by atoms with E-state index in [-0.39, 0.29) is 11.7 Å². The van der Waals surface area contributed by atoms with Crippen LogP contribution in [0.1, 0.15) is 31.7 Å². The van der Waals surface area contributed by atoms with Crippen LogP contribution in [0.4, 0.5) is 10.1 Å². The minimum atomic E-state index is -0.224. The molecule has 1 atom stereocenters. The molecule has 0 radical (unpaired) electrons. The molecule has 2 saturated heterocycles. The number of carbonyl (C=O) groups is 1. The Bertz CT molecular complexity index is 1510. The van der Waals surface area contributed by atoms with Crippen LogP contribution in [0, 0.1) is 17.7 Å². The molecular weight excluding hydrogens is 489 g/mol. The fourth-order valence-electron chi connectivity index (χ4n) is 6.73. The summed E-state index contributed by atoms with van der Waals surface area (Å²) in [6.07, 6.45) is 9.28. The third-order valence-electron chi connectivity index (χ3n) is 8.94. The molecule has 2 fully saturated rings.